The molecule has 5 nitrogen and oxygen atoms in total. The number of fused-ring (bicyclic) bond motifs is 3. The molecule has 0 aliphatic carbocycles. The van der Waals surface area contributed by atoms with Gasteiger partial charge in [0.15, 0.2) is 0 Å². The summed E-state index contributed by atoms with van der Waals surface area (Å²) in [7, 11) is 1.70. The molecule has 0 bridgehead atoms. The van der Waals surface area contributed by atoms with Crippen molar-refractivity contribution < 1.29 is 9.47 Å². The predicted octanol–water partition coefficient (Wildman–Crippen LogP) is 5.22. The van der Waals surface area contributed by atoms with Crippen LogP contribution in [0.1, 0.15) is 11.3 Å². The number of pyridine rings is 2. The van der Waals surface area contributed by atoms with Crippen molar-refractivity contribution in [3.05, 3.63) is 96.4 Å². The first kappa shape index (κ1) is 18.2. The third-order valence-electron chi connectivity index (χ3n) is 5.25. The fourth-order valence-corrected chi connectivity index (χ4v) is 3.87. The molecule has 0 N–H and O–H groups in total. The van der Waals surface area contributed by atoms with Gasteiger partial charge >= 0.3 is 0 Å². The van der Waals surface area contributed by atoms with Gasteiger partial charge in [-0.1, -0.05) is 42.5 Å². The van der Waals surface area contributed by atoms with E-state index in [-0.39, 0.29) is 0 Å². The van der Waals surface area contributed by atoms with Crippen molar-refractivity contribution in [2.45, 2.75) is 13.2 Å². The Bertz CT molecular complexity index is 1310. The SMILES string of the molecule is COc1ccccc1Cn1c2ccccc2c2ccnc(OCc3ccccn3)c21. The van der Waals surface area contributed by atoms with Crippen molar-refractivity contribution >= 4 is 21.8 Å². The van der Waals surface area contributed by atoms with Gasteiger partial charge in [-0.2, -0.15) is 0 Å². The average Bonchev–Trinajstić information content (AvgIpc) is 3.13. The van der Waals surface area contributed by atoms with Crippen LogP contribution in [0.25, 0.3) is 21.8 Å². The van der Waals surface area contributed by atoms with E-state index in [9.17, 15) is 0 Å². The first-order valence-electron chi connectivity index (χ1n) is 9.85. The second-order valence-electron chi connectivity index (χ2n) is 7.04. The summed E-state index contributed by atoms with van der Waals surface area (Å²) in [6.45, 7) is 1.02. The number of ether oxygens (including phenoxy) is 2. The van der Waals surface area contributed by atoms with Gasteiger partial charge in [0.05, 0.1) is 19.3 Å². The molecule has 0 spiro atoms. The highest BCUT2D eigenvalue weighted by Crippen LogP contribution is 2.35. The van der Waals surface area contributed by atoms with Gasteiger partial charge in [0, 0.05) is 34.2 Å². The monoisotopic (exact) mass is 395 g/mol. The summed E-state index contributed by atoms with van der Waals surface area (Å²) in [4.78, 5) is 8.91. The van der Waals surface area contributed by atoms with Gasteiger partial charge in [-0.15, -0.1) is 0 Å². The highest BCUT2D eigenvalue weighted by molar-refractivity contribution is 6.09. The van der Waals surface area contributed by atoms with Gasteiger partial charge in [0.25, 0.3) is 0 Å². The number of rotatable bonds is 6. The summed E-state index contributed by atoms with van der Waals surface area (Å²) in [5, 5.41) is 2.29. The van der Waals surface area contributed by atoms with E-state index >= 15 is 0 Å². The Morgan fingerprint density at radius 3 is 2.50 bits per heavy atom. The van der Waals surface area contributed by atoms with E-state index in [1.807, 2.05) is 42.5 Å². The second-order valence-corrected chi connectivity index (χ2v) is 7.04. The number of benzene rings is 2. The van der Waals surface area contributed by atoms with E-state index in [0.717, 1.165) is 33.4 Å². The lowest BCUT2D eigenvalue weighted by Gasteiger charge is -2.13. The van der Waals surface area contributed by atoms with E-state index in [0.29, 0.717) is 19.0 Å². The van der Waals surface area contributed by atoms with Crippen LogP contribution in [0.15, 0.2) is 85.2 Å². The molecule has 0 saturated carbocycles. The van der Waals surface area contributed by atoms with Gasteiger partial charge in [0.2, 0.25) is 5.88 Å². The number of para-hydroxylation sites is 2. The van der Waals surface area contributed by atoms with Gasteiger partial charge in [0.1, 0.15) is 17.9 Å². The highest BCUT2D eigenvalue weighted by Gasteiger charge is 2.17. The zero-order chi connectivity index (χ0) is 20.3. The van der Waals surface area contributed by atoms with Crippen LogP contribution < -0.4 is 9.47 Å². The third kappa shape index (κ3) is 3.24. The van der Waals surface area contributed by atoms with Gasteiger partial charge < -0.3 is 14.0 Å². The van der Waals surface area contributed by atoms with Crippen LogP contribution in [0.5, 0.6) is 11.6 Å². The molecule has 3 heterocycles. The molecule has 5 rings (SSSR count). The summed E-state index contributed by atoms with van der Waals surface area (Å²) in [6.07, 6.45) is 3.57. The fraction of sp³-hybridized carbons (Fsp3) is 0.120. The van der Waals surface area contributed by atoms with Gasteiger partial charge in [-0.3, -0.25) is 4.98 Å². The molecule has 0 aliphatic heterocycles. The van der Waals surface area contributed by atoms with E-state index in [1.54, 1.807) is 19.5 Å². The van der Waals surface area contributed by atoms with Crippen LogP contribution >= 0.6 is 0 Å². The maximum atomic E-state index is 6.14. The standard InChI is InChI=1S/C25H21N3O2/c1-29-23-12-5-2-8-18(23)16-28-22-11-4-3-10-20(22)21-13-15-27-25(24(21)28)30-17-19-9-6-7-14-26-19/h2-15H,16-17H2,1H3. The smallest absolute Gasteiger partial charge is 0.238 e. The molecule has 0 amide bonds. The molecule has 0 unspecified atom stereocenters. The van der Waals surface area contributed by atoms with Gasteiger partial charge in [-0.05, 0) is 30.3 Å². The zero-order valence-electron chi connectivity index (χ0n) is 16.7. The summed E-state index contributed by atoms with van der Waals surface area (Å²) in [6, 6.07) is 24.3. The highest BCUT2D eigenvalue weighted by atomic mass is 16.5. The number of methoxy groups -OCH3 is 1. The molecule has 30 heavy (non-hydrogen) atoms. The largest absolute Gasteiger partial charge is 0.496 e. The molecule has 0 aliphatic rings. The molecule has 3 aromatic heterocycles. The van der Waals surface area contributed by atoms with Crippen molar-refractivity contribution in [1.29, 1.82) is 0 Å². The molecule has 0 fully saturated rings. The average molecular weight is 395 g/mol. The normalized spacial score (nSPS) is 11.1. The Labute approximate surface area is 174 Å². The lowest BCUT2D eigenvalue weighted by molar-refractivity contribution is 0.292. The first-order valence-corrected chi connectivity index (χ1v) is 9.85. The predicted molar refractivity (Wildman–Crippen MR) is 118 cm³/mol. The molecule has 5 heteroatoms. The molecular weight excluding hydrogens is 374 g/mol. The topological polar surface area (TPSA) is 49.2 Å². The minimum absolute atomic E-state index is 0.364. The van der Waals surface area contributed by atoms with E-state index in [4.69, 9.17) is 9.47 Å². The van der Waals surface area contributed by atoms with Crippen molar-refractivity contribution in [2.24, 2.45) is 0 Å². The van der Waals surface area contributed by atoms with Crippen LogP contribution in [0.2, 0.25) is 0 Å². The van der Waals surface area contributed by atoms with Crippen LogP contribution in [-0.4, -0.2) is 21.6 Å². The van der Waals surface area contributed by atoms with E-state index < -0.39 is 0 Å². The molecule has 148 valence electrons. The quantitative estimate of drug-likeness (QED) is 0.395. The van der Waals surface area contributed by atoms with Gasteiger partial charge in [-0.25, -0.2) is 4.98 Å². The fourth-order valence-electron chi connectivity index (χ4n) is 3.87. The number of hydrogen-bond donors (Lipinski definition) is 0. The number of aromatic nitrogens is 3. The van der Waals surface area contributed by atoms with Crippen molar-refractivity contribution in [3.63, 3.8) is 0 Å². The Balaban J connectivity index is 1.65. The summed E-state index contributed by atoms with van der Waals surface area (Å²) in [5.41, 5.74) is 4.07. The maximum absolute atomic E-state index is 6.14. The number of hydrogen-bond acceptors (Lipinski definition) is 4. The Kier molecular flexibility index (Phi) is 4.77. The van der Waals surface area contributed by atoms with Crippen molar-refractivity contribution in [1.82, 2.24) is 14.5 Å². The number of nitrogens with zero attached hydrogens (tertiary/aromatic N) is 3. The molecule has 0 saturated heterocycles. The maximum Gasteiger partial charge on any atom is 0.238 e. The zero-order valence-corrected chi connectivity index (χ0v) is 16.7. The minimum atomic E-state index is 0.364. The van der Waals surface area contributed by atoms with Crippen LogP contribution in [0.3, 0.4) is 0 Å². The summed E-state index contributed by atoms with van der Waals surface area (Å²) in [5.74, 6) is 1.47. The molecule has 5 aromatic rings. The van der Waals surface area contributed by atoms with E-state index in [1.165, 1.54) is 5.39 Å². The molecule has 0 atom stereocenters. The summed E-state index contributed by atoms with van der Waals surface area (Å²) >= 11 is 0. The van der Waals surface area contributed by atoms with Crippen LogP contribution in [0, 0.1) is 0 Å². The Morgan fingerprint density at radius 2 is 1.63 bits per heavy atom. The second kappa shape index (κ2) is 7.87. The van der Waals surface area contributed by atoms with E-state index in [2.05, 4.69) is 44.9 Å². The Morgan fingerprint density at radius 1 is 0.800 bits per heavy atom. The molecule has 0 radical (unpaired) electrons. The Hall–Kier alpha value is -3.86. The van der Waals surface area contributed by atoms with Crippen LogP contribution in [0.4, 0.5) is 0 Å². The van der Waals surface area contributed by atoms with Crippen LogP contribution in [-0.2, 0) is 13.2 Å². The third-order valence-corrected chi connectivity index (χ3v) is 5.25. The molecule has 2 aromatic carbocycles. The van der Waals surface area contributed by atoms with Crippen molar-refractivity contribution in [2.75, 3.05) is 7.11 Å². The minimum Gasteiger partial charge on any atom is -0.496 e. The molecular formula is C25H21N3O2. The first-order chi connectivity index (χ1) is 14.8. The summed E-state index contributed by atoms with van der Waals surface area (Å²) < 4.78 is 14.0. The lowest BCUT2D eigenvalue weighted by Crippen LogP contribution is -2.05. The lowest BCUT2D eigenvalue weighted by atomic mass is 10.2. The van der Waals surface area contributed by atoms with Crippen molar-refractivity contribution in [3.8, 4) is 11.6 Å².